The van der Waals surface area contributed by atoms with E-state index < -0.39 is 11.7 Å². The molecule has 2 N–H and O–H groups in total. The number of hydrogen-bond acceptors (Lipinski definition) is 2. The summed E-state index contributed by atoms with van der Waals surface area (Å²) in [7, 11) is 0. The van der Waals surface area contributed by atoms with Crippen molar-refractivity contribution in [3.05, 3.63) is 23.8 Å². The average molecular weight is 286 g/mol. The first-order valence-electron chi connectivity index (χ1n) is 6.35. The monoisotopic (exact) mass is 286 g/mol. The summed E-state index contributed by atoms with van der Waals surface area (Å²) in [6.45, 7) is 5.94. The second-order valence-corrected chi connectivity index (χ2v) is 6.07. The minimum Gasteiger partial charge on any atom is -0.380 e. The molecule has 110 valence electrons. The number of halogens is 3. The zero-order chi connectivity index (χ0) is 15.1. The van der Waals surface area contributed by atoms with E-state index >= 15 is 0 Å². The number of carbonyl (C=O) groups excluding carboxylic acids is 1. The summed E-state index contributed by atoms with van der Waals surface area (Å²) in [5.74, 6) is -0.282. The molecule has 1 amide bonds. The highest BCUT2D eigenvalue weighted by atomic mass is 19.4. The number of carbonyl (C=O) groups is 1. The lowest BCUT2D eigenvalue weighted by atomic mass is 9.84. The molecule has 0 fully saturated rings. The molecule has 0 aliphatic carbocycles. The first kappa shape index (κ1) is 14.7. The second-order valence-electron chi connectivity index (χ2n) is 6.07. The quantitative estimate of drug-likeness (QED) is 0.760. The van der Waals surface area contributed by atoms with E-state index in [-0.39, 0.29) is 29.5 Å². The maximum Gasteiger partial charge on any atom is 0.416 e. The summed E-state index contributed by atoms with van der Waals surface area (Å²) in [6, 6.07) is 3.21. The number of nitrogens with one attached hydrogen (secondary N) is 2. The van der Waals surface area contributed by atoms with Crippen LogP contribution in [0.5, 0.6) is 0 Å². The van der Waals surface area contributed by atoms with Crippen molar-refractivity contribution in [3.8, 4) is 0 Å². The molecule has 1 atom stereocenters. The van der Waals surface area contributed by atoms with E-state index in [2.05, 4.69) is 10.6 Å². The molecule has 0 saturated heterocycles. The van der Waals surface area contributed by atoms with E-state index in [9.17, 15) is 18.0 Å². The predicted octanol–water partition coefficient (Wildman–Crippen LogP) is 3.87. The van der Waals surface area contributed by atoms with Gasteiger partial charge in [0.25, 0.3) is 0 Å². The highest BCUT2D eigenvalue weighted by molar-refractivity contribution is 5.96. The normalized spacial score (nSPS) is 19.7. The van der Waals surface area contributed by atoms with Gasteiger partial charge in [0.05, 0.1) is 16.9 Å². The lowest BCUT2D eigenvalue weighted by Crippen LogP contribution is -2.35. The van der Waals surface area contributed by atoms with Crippen LogP contribution in [0.25, 0.3) is 0 Å². The van der Waals surface area contributed by atoms with Gasteiger partial charge in [-0.25, -0.2) is 0 Å². The molecule has 0 saturated carbocycles. The van der Waals surface area contributed by atoms with Crippen LogP contribution in [0, 0.1) is 5.41 Å². The van der Waals surface area contributed by atoms with Crippen LogP contribution < -0.4 is 10.6 Å². The fraction of sp³-hybridized carbons (Fsp3) is 0.500. The molecule has 0 bridgehead atoms. The number of anilines is 2. The number of amides is 1. The van der Waals surface area contributed by atoms with Gasteiger partial charge in [0.15, 0.2) is 0 Å². The van der Waals surface area contributed by atoms with E-state index in [1.165, 1.54) is 6.07 Å². The lowest BCUT2D eigenvalue weighted by molar-refractivity contribution is -0.137. The van der Waals surface area contributed by atoms with Crippen molar-refractivity contribution in [2.24, 2.45) is 5.41 Å². The summed E-state index contributed by atoms with van der Waals surface area (Å²) >= 11 is 0. The summed E-state index contributed by atoms with van der Waals surface area (Å²) < 4.78 is 38.1. The van der Waals surface area contributed by atoms with Gasteiger partial charge in [0, 0.05) is 12.5 Å². The Morgan fingerprint density at radius 3 is 2.35 bits per heavy atom. The van der Waals surface area contributed by atoms with Crippen LogP contribution in [0.2, 0.25) is 0 Å². The fourth-order valence-corrected chi connectivity index (χ4v) is 2.10. The zero-order valence-corrected chi connectivity index (χ0v) is 11.6. The van der Waals surface area contributed by atoms with Crippen LogP contribution in [0.15, 0.2) is 18.2 Å². The number of alkyl halides is 3. The Kier molecular flexibility index (Phi) is 3.44. The third kappa shape index (κ3) is 3.05. The minimum atomic E-state index is -4.42. The van der Waals surface area contributed by atoms with Crippen molar-refractivity contribution in [3.63, 3.8) is 0 Å². The molecule has 1 heterocycles. The Morgan fingerprint density at radius 2 is 1.80 bits per heavy atom. The second kappa shape index (κ2) is 4.68. The van der Waals surface area contributed by atoms with Gasteiger partial charge in [-0.05, 0) is 23.6 Å². The van der Waals surface area contributed by atoms with E-state index in [0.717, 1.165) is 12.1 Å². The minimum absolute atomic E-state index is 0.138. The average Bonchev–Trinajstić information content (AvgIpc) is 2.43. The summed E-state index contributed by atoms with van der Waals surface area (Å²) in [5.41, 5.74) is -0.255. The van der Waals surface area contributed by atoms with Crippen LogP contribution in [0.3, 0.4) is 0 Å². The third-order valence-corrected chi connectivity index (χ3v) is 3.39. The van der Waals surface area contributed by atoms with Gasteiger partial charge in [-0.1, -0.05) is 20.8 Å². The topological polar surface area (TPSA) is 41.1 Å². The number of rotatable bonds is 0. The maximum atomic E-state index is 12.7. The largest absolute Gasteiger partial charge is 0.416 e. The third-order valence-electron chi connectivity index (χ3n) is 3.39. The number of fused-ring (bicyclic) bond motifs is 1. The van der Waals surface area contributed by atoms with Crippen molar-refractivity contribution in [2.45, 2.75) is 39.4 Å². The zero-order valence-electron chi connectivity index (χ0n) is 11.6. The molecular weight excluding hydrogens is 269 g/mol. The van der Waals surface area contributed by atoms with Crippen molar-refractivity contribution in [1.29, 1.82) is 0 Å². The standard InChI is InChI=1S/C14H17F3N2O/c1-13(2,3)11-7-12(20)19-10-6-8(14(15,16)17)4-5-9(10)18-11/h4-6,11,18H,7H2,1-3H3,(H,19,20). The fourth-order valence-electron chi connectivity index (χ4n) is 2.10. The highest BCUT2D eigenvalue weighted by Crippen LogP contribution is 2.37. The molecule has 0 spiro atoms. The van der Waals surface area contributed by atoms with Gasteiger partial charge in [0.2, 0.25) is 5.91 Å². The van der Waals surface area contributed by atoms with Gasteiger partial charge in [-0.15, -0.1) is 0 Å². The summed E-state index contributed by atoms with van der Waals surface area (Å²) in [6.07, 6.45) is -4.20. The van der Waals surface area contributed by atoms with E-state index in [4.69, 9.17) is 0 Å². The van der Waals surface area contributed by atoms with Crippen molar-refractivity contribution < 1.29 is 18.0 Å². The lowest BCUT2D eigenvalue weighted by Gasteiger charge is -2.30. The molecule has 1 aromatic carbocycles. The molecule has 1 aliphatic heterocycles. The summed E-state index contributed by atoms with van der Waals surface area (Å²) in [5, 5.41) is 5.69. The number of hydrogen-bond donors (Lipinski definition) is 2. The van der Waals surface area contributed by atoms with Crippen LogP contribution >= 0.6 is 0 Å². The van der Waals surface area contributed by atoms with Gasteiger partial charge in [-0.3, -0.25) is 4.79 Å². The van der Waals surface area contributed by atoms with Crippen molar-refractivity contribution in [2.75, 3.05) is 10.6 Å². The first-order valence-corrected chi connectivity index (χ1v) is 6.35. The highest BCUT2D eigenvalue weighted by Gasteiger charge is 2.34. The van der Waals surface area contributed by atoms with Crippen molar-refractivity contribution in [1.82, 2.24) is 0 Å². The van der Waals surface area contributed by atoms with Gasteiger partial charge >= 0.3 is 6.18 Å². The molecular formula is C14H17F3N2O. The molecule has 0 aromatic heterocycles. The van der Waals surface area contributed by atoms with Gasteiger partial charge in [0.1, 0.15) is 0 Å². The molecule has 1 aromatic rings. The van der Waals surface area contributed by atoms with Gasteiger partial charge in [-0.2, -0.15) is 13.2 Å². The molecule has 2 rings (SSSR count). The Labute approximate surface area is 115 Å². The number of benzene rings is 1. The molecule has 20 heavy (non-hydrogen) atoms. The molecule has 0 radical (unpaired) electrons. The predicted molar refractivity (Wildman–Crippen MR) is 71.6 cm³/mol. The van der Waals surface area contributed by atoms with Crippen molar-refractivity contribution >= 4 is 17.3 Å². The summed E-state index contributed by atoms with van der Waals surface area (Å²) in [4.78, 5) is 11.8. The Morgan fingerprint density at radius 1 is 1.15 bits per heavy atom. The van der Waals surface area contributed by atoms with Crippen LogP contribution in [-0.4, -0.2) is 11.9 Å². The Hall–Kier alpha value is -1.72. The maximum absolute atomic E-state index is 12.7. The van der Waals surface area contributed by atoms with Crippen LogP contribution in [0.1, 0.15) is 32.8 Å². The smallest absolute Gasteiger partial charge is 0.380 e. The van der Waals surface area contributed by atoms with E-state index in [1.807, 2.05) is 20.8 Å². The molecule has 1 aliphatic rings. The SMILES string of the molecule is CC(C)(C)C1CC(=O)Nc2cc(C(F)(F)F)ccc2N1. The molecule has 6 heteroatoms. The van der Waals surface area contributed by atoms with E-state index in [0.29, 0.717) is 5.69 Å². The molecule has 1 unspecified atom stereocenters. The van der Waals surface area contributed by atoms with E-state index in [1.54, 1.807) is 0 Å². The Balaban J connectivity index is 2.40. The Bertz CT molecular complexity index is 532. The first-order chi connectivity index (χ1) is 9.07. The van der Waals surface area contributed by atoms with Crippen LogP contribution in [-0.2, 0) is 11.0 Å². The molecule has 3 nitrogen and oxygen atoms in total. The van der Waals surface area contributed by atoms with Gasteiger partial charge < -0.3 is 10.6 Å². The van der Waals surface area contributed by atoms with Crippen LogP contribution in [0.4, 0.5) is 24.5 Å².